The normalized spacial score (nSPS) is 10.9. The summed E-state index contributed by atoms with van der Waals surface area (Å²) in [5.41, 5.74) is 7.90. The number of nitrogen functional groups attached to an aromatic ring is 1. The van der Waals surface area contributed by atoms with Crippen molar-refractivity contribution in [3.05, 3.63) is 48.7 Å². The molecule has 0 spiro atoms. The lowest BCUT2D eigenvalue weighted by molar-refractivity contribution is 0.628. The van der Waals surface area contributed by atoms with Crippen molar-refractivity contribution in [2.24, 2.45) is 0 Å². The highest BCUT2D eigenvalue weighted by Gasteiger charge is 2.06. The molecule has 4 nitrogen and oxygen atoms in total. The molecule has 5 heteroatoms. The van der Waals surface area contributed by atoms with Crippen LogP contribution >= 0.6 is 0 Å². The number of halogens is 1. The second-order valence-corrected chi connectivity index (χ2v) is 3.68. The molecule has 0 aliphatic carbocycles. The third kappa shape index (κ3) is 1.61. The SMILES string of the molecule is Nc1nccn2cc(-c3ccc(F)cc3)nc12. The monoisotopic (exact) mass is 228 g/mol. The third-order valence-electron chi connectivity index (χ3n) is 2.54. The molecule has 2 heterocycles. The van der Waals surface area contributed by atoms with Gasteiger partial charge >= 0.3 is 0 Å². The second-order valence-electron chi connectivity index (χ2n) is 3.68. The van der Waals surface area contributed by atoms with E-state index in [4.69, 9.17) is 5.73 Å². The summed E-state index contributed by atoms with van der Waals surface area (Å²) >= 11 is 0. The van der Waals surface area contributed by atoms with E-state index in [9.17, 15) is 4.39 Å². The average molecular weight is 228 g/mol. The van der Waals surface area contributed by atoms with Crippen molar-refractivity contribution in [2.75, 3.05) is 5.73 Å². The zero-order valence-electron chi connectivity index (χ0n) is 8.84. The first-order valence-electron chi connectivity index (χ1n) is 5.09. The van der Waals surface area contributed by atoms with Gasteiger partial charge in [-0.15, -0.1) is 0 Å². The Kier molecular flexibility index (Phi) is 2.04. The van der Waals surface area contributed by atoms with Gasteiger partial charge in [-0.25, -0.2) is 14.4 Å². The summed E-state index contributed by atoms with van der Waals surface area (Å²) in [5, 5.41) is 0. The van der Waals surface area contributed by atoms with Crippen molar-refractivity contribution < 1.29 is 4.39 Å². The molecule has 0 aliphatic rings. The maximum atomic E-state index is 12.8. The largest absolute Gasteiger partial charge is 0.381 e. The Balaban J connectivity index is 2.18. The van der Waals surface area contributed by atoms with Gasteiger partial charge in [0.2, 0.25) is 0 Å². The van der Waals surface area contributed by atoms with Gasteiger partial charge in [0.05, 0.1) is 5.69 Å². The fraction of sp³-hybridized carbons (Fsp3) is 0. The highest BCUT2D eigenvalue weighted by atomic mass is 19.1. The van der Waals surface area contributed by atoms with Crippen LogP contribution < -0.4 is 5.73 Å². The van der Waals surface area contributed by atoms with Crippen molar-refractivity contribution in [3.63, 3.8) is 0 Å². The molecule has 1 aromatic carbocycles. The number of anilines is 1. The van der Waals surface area contributed by atoms with Crippen LogP contribution in [0, 0.1) is 5.82 Å². The van der Waals surface area contributed by atoms with Crippen LogP contribution in [0.5, 0.6) is 0 Å². The number of benzene rings is 1. The number of rotatable bonds is 1. The van der Waals surface area contributed by atoms with E-state index in [1.807, 2.05) is 6.20 Å². The van der Waals surface area contributed by atoms with Crippen LogP contribution in [-0.2, 0) is 0 Å². The van der Waals surface area contributed by atoms with Gasteiger partial charge in [-0.2, -0.15) is 0 Å². The number of nitrogens with zero attached hydrogens (tertiary/aromatic N) is 3. The lowest BCUT2D eigenvalue weighted by Crippen LogP contribution is -1.94. The van der Waals surface area contributed by atoms with Crippen molar-refractivity contribution >= 4 is 11.5 Å². The summed E-state index contributed by atoms with van der Waals surface area (Å²) in [6, 6.07) is 6.17. The van der Waals surface area contributed by atoms with Crippen molar-refractivity contribution in [2.45, 2.75) is 0 Å². The second kappa shape index (κ2) is 3.55. The molecule has 2 N–H and O–H groups in total. The first-order valence-corrected chi connectivity index (χ1v) is 5.09. The minimum absolute atomic E-state index is 0.265. The standard InChI is InChI=1S/C12H9FN4/c13-9-3-1-8(2-4-9)10-7-17-6-5-15-11(14)12(17)16-10/h1-7H,(H2,14,15). The Hall–Kier alpha value is -2.43. The van der Waals surface area contributed by atoms with E-state index < -0.39 is 0 Å². The van der Waals surface area contributed by atoms with Gasteiger partial charge < -0.3 is 10.1 Å². The number of nitrogens with two attached hydrogens (primary N) is 1. The highest BCUT2D eigenvalue weighted by molar-refractivity contribution is 5.68. The maximum Gasteiger partial charge on any atom is 0.180 e. The Morgan fingerprint density at radius 1 is 1.18 bits per heavy atom. The fourth-order valence-corrected chi connectivity index (χ4v) is 1.70. The van der Waals surface area contributed by atoms with Crippen LogP contribution in [-0.4, -0.2) is 14.4 Å². The molecule has 3 aromatic rings. The Bertz CT molecular complexity index is 673. The first kappa shape index (κ1) is 9.77. The van der Waals surface area contributed by atoms with Gasteiger partial charge in [0.1, 0.15) is 5.82 Å². The van der Waals surface area contributed by atoms with E-state index in [-0.39, 0.29) is 5.82 Å². The molecule has 0 saturated heterocycles. The van der Waals surface area contributed by atoms with Crippen molar-refractivity contribution in [1.82, 2.24) is 14.4 Å². The molecule has 0 unspecified atom stereocenters. The van der Waals surface area contributed by atoms with Crippen molar-refractivity contribution in [3.8, 4) is 11.3 Å². The van der Waals surface area contributed by atoms with E-state index in [1.165, 1.54) is 12.1 Å². The molecule has 0 saturated carbocycles. The Morgan fingerprint density at radius 2 is 1.94 bits per heavy atom. The Morgan fingerprint density at radius 3 is 2.65 bits per heavy atom. The van der Waals surface area contributed by atoms with E-state index >= 15 is 0 Å². The lowest BCUT2D eigenvalue weighted by atomic mass is 10.2. The van der Waals surface area contributed by atoms with Crippen LogP contribution in [0.3, 0.4) is 0 Å². The first-order chi connectivity index (χ1) is 8.24. The molecule has 17 heavy (non-hydrogen) atoms. The summed E-state index contributed by atoms with van der Waals surface area (Å²) in [6.45, 7) is 0. The topological polar surface area (TPSA) is 56.2 Å². The van der Waals surface area contributed by atoms with Gasteiger partial charge in [-0.1, -0.05) is 0 Å². The summed E-state index contributed by atoms with van der Waals surface area (Å²) in [6.07, 6.45) is 5.21. The summed E-state index contributed by atoms with van der Waals surface area (Å²) in [7, 11) is 0. The quantitative estimate of drug-likeness (QED) is 0.694. The van der Waals surface area contributed by atoms with Gasteiger partial charge in [-0.3, -0.25) is 0 Å². The summed E-state index contributed by atoms with van der Waals surface area (Å²) < 4.78 is 14.6. The Labute approximate surface area is 96.6 Å². The van der Waals surface area contributed by atoms with E-state index in [0.717, 1.165) is 11.3 Å². The molecule has 2 aromatic heterocycles. The van der Waals surface area contributed by atoms with E-state index in [2.05, 4.69) is 9.97 Å². The predicted octanol–water partition coefficient (Wildman–Crippen LogP) is 2.12. The van der Waals surface area contributed by atoms with Gasteiger partial charge in [0, 0.05) is 24.2 Å². The molecule has 0 radical (unpaired) electrons. The van der Waals surface area contributed by atoms with E-state index in [0.29, 0.717) is 11.5 Å². The number of imidazole rings is 1. The highest BCUT2D eigenvalue weighted by Crippen LogP contribution is 2.20. The minimum atomic E-state index is -0.265. The summed E-state index contributed by atoms with van der Waals surface area (Å²) in [5.74, 6) is 0.111. The van der Waals surface area contributed by atoms with Gasteiger partial charge in [0.25, 0.3) is 0 Å². The average Bonchev–Trinajstić information content (AvgIpc) is 2.75. The van der Waals surface area contributed by atoms with Gasteiger partial charge in [-0.05, 0) is 24.3 Å². The number of hydrogen-bond acceptors (Lipinski definition) is 3. The van der Waals surface area contributed by atoms with E-state index in [1.54, 1.807) is 28.9 Å². The van der Waals surface area contributed by atoms with Gasteiger partial charge in [0.15, 0.2) is 11.5 Å². The van der Waals surface area contributed by atoms with Crippen LogP contribution in [0.1, 0.15) is 0 Å². The number of aromatic nitrogens is 3. The summed E-state index contributed by atoms with van der Waals surface area (Å²) in [4.78, 5) is 8.33. The zero-order chi connectivity index (χ0) is 11.8. The maximum absolute atomic E-state index is 12.8. The molecular formula is C12H9FN4. The third-order valence-corrected chi connectivity index (χ3v) is 2.54. The minimum Gasteiger partial charge on any atom is -0.381 e. The number of fused-ring (bicyclic) bond motifs is 1. The molecule has 84 valence electrons. The molecule has 3 rings (SSSR count). The molecule has 0 bridgehead atoms. The molecule has 0 amide bonds. The fourth-order valence-electron chi connectivity index (χ4n) is 1.70. The molecule has 0 fully saturated rings. The number of hydrogen-bond donors (Lipinski definition) is 1. The van der Waals surface area contributed by atoms with Crippen LogP contribution in [0.4, 0.5) is 10.2 Å². The van der Waals surface area contributed by atoms with Crippen LogP contribution in [0.25, 0.3) is 16.9 Å². The van der Waals surface area contributed by atoms with Crippen LogP contribution in [0.15, 0.2) is 42.9 Å². The van der Waals surface area contributed by atoms with Crippen molar-refractivity contribution in [1.29, 1.82) is 0 Å². The van der Waals surface area contributed by atoms with Crippen LogP contribution in [0.2, 0.25) is 0 Å². The smallest absolute Gasteiger partial charge is 0.180 e. The molecule has 0 aliphatic heterocycles. The molecule has 0 atom stereocenters. The zero-order valence-corrected chi connectivity index (χ0v) is 8.84. The molecular weight excluding hydrogens is 219 g/mol. The predicted molar refractivity (Wildman–Crippen MR) is 62.8 cm³/mol. The lowest BCUT2D eigenvalue weighted by Gasteiger charge is -1.94.